The van der Waals surface area contributed by atoms with Gasteiger partial charge in [-0.3, -0.25) is 4.79 Å². The Balaban J connectivity index is 2.29. The first-order valence-electron chi connectivity index (χ1n) is 6.30. The van der Waals surface area contributed by atoms with Gasteiger partial charge < -0.3 is 15.2 Å². The fraction of sp³-hybridized carbons (Fsp3) is 0.200. The predicted molar refractivity (Wildman–Crippen MR) is 78.4 cm³/mol. The van der Waals surface area contributed by atoms with Crippen molar-refractivity contribution in [1.29, 1.82) is 5.26 Å². The fourth-order valence-electron chi connectivity index (χ4n) is 2.02. The first-order valence-corrected chi connectivity index (χ1v) is 6.30. The van der Waals surface area contributed by atoms with Crippen molar-refractivity contribution >= 4 is 17.3 Å². The molecule has 20 heavy (non-hydrogen) atoms. The number of nitrogens with two attached hydrogens (primary N) is 1. The van der Waals surface area contributed by atoms with Gasteiger partial charge in [-0.1, -0.05) is 0 Å². The van der Waals surface area contributed by atoms with Crippen LogP contribution in [0, 0.1) is 11.3 Å². The SMILES string of the molecule is CCn1cc(N)cc1C(=O)N(C)c1ccc(C#N)cc1. The topological polar surface area (TPSA) is 75.0 Å². The van der Waals surface area contributed by atoms with Gasteiger partial charge in [0, 0.05) is 25.5 Å². The summed E-state index contributed by atoms with van der Waals surface area (Å²) in [4.78, 5) is 14.0. The number of nitriles is 1. The average Bonchev–Trinajstić information content (AvgIpc) is 2.87. The van der Waals surface area contributed by atoms with Gasteiger partial charge >= 0.3 is 0 Å². The molecule has 0 unspecified atom stereocenters. The molecule has 5 heteroatoms. The van der Waals surface area contributed by atoms with Crippen LogP contribution in [-0.2, 0) is 6.54 Å². The number of amides is 1. The predicted octanol–water partition coefficient (Wildman–Crippen LogP) is 2.24. The highest BCUT2D eigenvalue weighted by molar-refractivity contribution is 6.05. The van der Waals surface area contributed by atoms with Gasteiger partial charge in [0.15, 0.2) is 0 Å². The summed E-state index contributed by atoms with van der Waals surface area (Å²) in [7, 11) is 1.70. The molecule has 1 aromatic carbocycles. The summed E-state index contributed by atoms with van der Waals surface area (Å²) >= 11 is 0. The van der Waals surface area contributed by atoms with E-state index in [0.717, 1.165) is 5.69 Å². The number of carbonyl (C=O) groups excluding carboxylic acids is 1. The number of nitrogens with zero attached hydrogens (tertiary/aromatic N) is 3. The Morgan fingerprint density at radius 2 is 2.05 bits per heavy atom. The van der Waals surface area contributed by atoms with Gasteiger partial charge in [0.25, 0.3) is 5.91 Å². The smallest absolute Gasteiger partial charge is 0.274 e. The van der Waals surface area contributed by atoms with Gasteiger partial charge in [-0.2, -0.15) is 5.26 Å². The molecular weight excluding hydrogens is 252 g/mol. The Bertz CT molecular complexity index is 664. The van der Waals surface area contributed by atoms with E-state index >= 15 is 0 Å². The zero-order chi connectivity index (χ0) is 14.7. The molecule has 5 nitrogen and oxygen atoms in total. The fourth-order valence-corrected chi connectivity index (χ4v) is 2.02. The minimum absolute atomic E-state index is 0.131. The van der Waals surface area contributed by atoms with Crippen LogP contribution in [0.2, 0.25) is 0 Å². The third-order valence-electron chi connectivity index (χ3n) is 3.17. The number of aromatic nitrogens is 1. The largest absolute Gasteiger partial charge is 0.397 e. The number of anilines is 2. The molecule has 0 aliphatic carbocycles. The molecule has 102 valence electrons. The molecule has 1 amide bonds. The lowest BCUT2D eigenvalue weighted by Gasteiger charge is -2.18. The zero-order valence-corrected chi connectivity index (χ0v) is 11.5. The molecule has 0 fully saturated rings. The maximum absolute atomic E-state index is 12.5. The van der Waals surface area contributed by atoms with E-state index < -0.39 is 0 Å². The number of carbonyl (C=O) groups is 1. The van der Waals surface area contributed by atoms with E-state index in [2.05, 4.69) is 6.07 Å². The van der Waals surface area contributed by atoms with Gasteiger partial charge in [-0.25, -0.2) is 0 Å². The second-order valence-electron chi connectivity index (χ2n) is 4.47. The van der Waals surface area contributed by atoms with Crippen LogP contribution in [0.15, 0.2) is 36.5 Å². The Hall–Kier alpha value is -2.74. The van der Waals surface area contributed by atoms with Gasteiger partial charge in [-0.15, -0.1) is 0 Å². The lowest BCUT2D eigenvalue weighted by Crippen LogP contribution is -2.28. The van der Waals surface area contributed by atoms with E-state index in [1.165, 1.54) is 0 Å². The summed E-state index contributed by atoms with van der Waals surface area (Å²) < 4.78 is 1.82. The van der Waals surface area contributed by atoms with E-state index in [9.17, 15) is 4.79 Å². The molecule has 2 aromatic rings. The molecule has 2 N–H and O–H groups in total. The van der Waals surface area contributed by atoms with Crippen LogP contribution >= 0.6 is 0 Å². The molecule has 0 atom stereocenters. The summed E-state index contributed by atoms with van der Waals surface area (Å²) in [6.07, 6.45) is 1.75. The monoisotopic (exact) mass is 268 g/mol. The van der Waals surface area contributed by atoms with Crippen molar-refractivity contribution in [1.82, 2.24) is 4.57 Å². The Morgan fingerprint density at radius 3 is 2.60 bits per heavy atom. The maximum Gasteiger partial charge on any atom is 0.274 e. The van der Waals surface area contributed by atoms with E-state index in [-0.39, 0.29) is 5.91 Å². The van der Waals surface area contributed by atoms with Gasteiger partial charge in [0.05, 0.1) is 17.3 Å². The van der Waals surface area contributed by atoms with Gasteiger partial charge in [-0.05, 0) is 37.3 Å². The van der Waals surface area contributed by atoms with Crippen molar-refractivity contribution in [3.8, 4) is 6.07 Å². The second kappa shape index (κ2) is 5.49. The quantitative estimate of drug-likeness (QED) is 0.927. The van der Waals surface area contributed by atoms with Gasteiger partial charge in [0.2, 0.25) is 0 Å². The molecule has 1 aromatic heterocycles. The number of nitrogen functional groups attached to an aromatic ring is 1. The summed E-state index contributed by atoms with van der Waals surface area (Å²) in [6, 6.07) is 10.6. The molecule has 2 rings (SSSR count). The van der Waals surface area contributed by atoms with Crippen LogP contribution in [0.5, 0.6) is 0 Å². The molecule has 0 aliphatic rings. The lowest BCUT2D eigenvalue weighted by molar-refractivity contribution is 0.0984. The highest BCUT2D eigenvalue weighted by Gasteiger charge is 2.17. The van der Waals surface area contributed by atoms with Crippen LogP contribution in [0.1, 0.15) is 23.0 Å². The Labute approximate surface area is 117 Å². The van der Waals surface area contributed by atoms with E-state index in [1.54, 1.807) is 48.5 Å². The first-order chi connectivity index (χ1) is 9.56. The molecule has 0 bridgehead atoms. The van der Waals surface area contributed by atoms with Gasteiger partial charge in [0.1, 0.15) is 5.69 Å². The van der Waals surface area contributed by atoms with Crippen LogP contribution in [0.25, 0.3) is 0 Å². The number of benzene rings is 1. The molecule has 0 saturated heterocycles. The minimum Gasteiger partial charge on any atom is -0.397 e. The highest BCUT2D eigenvalue weighted by atomic mass is 16.2. The molecular formula is C15H16N4O. The van der Waals surface area contributed by atoms with E-state index in [4.69, 9.17) is 11.0 Å². The van der Waals surface area contributed by atoms with E-state index in [1.807, 2.05) is 11.5 Å². The number of hydrogen-bond donors (Lipinski definition) is 1. The van der Waals surface area contributed by atoms with Crippen molar-refractivity contribution in [3.05, 3.63) is 47.8 Å². The number of aryl methyl sites for hydroxylation is 1. The van der Waals surface area contributed by atoms with Crippen molar-refractivity contribution in [3.63, 3.8) is 0 Å². The highest BCUT2D eigenvalue weighted by Crippen LogP contribution is 2.18. The molecule has 1 heterocycles. The molecule has 0 spiro atoms. The minimum atomic E-state index is -0.131. The molecule has 0 saturated carbocycles. The van der Waals surface area contributed by atoms with Crippen molar-refractivity contribution < 1.29 is 4.79 Å². The average molecular weight is 268 g/mol. The van der Waals surface area contributed by atoms with Crippen molar-refractivity contribution in [2.75, 3.05) is 17.7 Å². The summed E-state index contributed by atoms with van der Waals surface area (Å²) in [5.74, 6) is -0.131. The van der Waals surface area contributed by atoms with Crippen LogP contribution in [0.4, 0.5) is 11.4 Å². The second-order valence-corrected chi connectivity index (χ2v) is 4.47. The van der Waals surface area contributed by atoms with Crippen LogP contribution in [-0.4, -0.2) is 17.5 Å². The Kier molecular flexibility index (Phi) is 3.76. The Morgan fingerprint density at radius 1 is 1.40 bits per heavy atom. The number of rotatable bonds is 3. The molecule has 0 aliphatic heterocycles. The summed E-state index contributed by atoms with van der Waals surface area (Å²) in [5.41, 5.74) is 8.17. The standard InChI is InChI=1S/C15H16N4O/c1-3-19-10-12(17)8-14(19)15(20)18(2)13-6-4-11(9-16)5-7-13/h4-8,10H,3,17H2,1-2H3. The maximum atomic E-state index is 12.5. The zero-order valence-electron chi connectivity index (χ0n) is 11.5. The van der Waals surface area contributed by atoms with Crippen molar-refractivity contribution in [2.45, 2.75) is 13.5 Å². The van der Waals surface area contributed by atoms with Crippen molar-refractivity contribution in [2.24, 2.45) is 0 Å². The normalized spacial score (nSPS) is 10.1. The van der Waals surface area contributed by atoms with E-state index in [0.29, 0.717) is 23.5 Å². The number of hydrogen-bond acceptors (Lipinski definition) is 3. The van der Waals surface area contributed by atoms with Crippen LogP contribution < -0.4 is 10.6 Å². The third kappa shape index (κ3) is 2.50. The van der Waals surface area contributed by atoms with Crippen LogP contribution in [0.3, 0.4) is 0 Å². The molecule has 0 radical (unpaired) electrons. The summed E-state index contributed by atoms with van der Waals surface area (Å²) in [5, 5.41) is 8.78. The summed E-state index contributed by atoms with van der Waals surface area (Å²) in [6.45, 7) is 2.64. The lowest BCUT2D eigenvalue weighted by atomic mass is 10.2. The third-order valence-corrected chi connectivity index (χ3v) is 3.17. The first kappa shape index (κ1) is 13.7.